The lowest BCUT2D eigenvalue weighted by molar-refractivity contribution is -0.118. The number of aliphatic hydroxyl groups excluding tert-OH is 1. The maximum absolute atomic E-state index is 13.3. The van der Waals surface area contributed by atoms with Crippen molar-refractivity contribution in [1.29, 1.82) is 0 Å². The van der Waals surface area contributed by atoms with Gasteiger partial charge in [0.15, 0.2) is 11.5 Å². The minimum absolute atomic E-state index is 0.0255. The van der Waals surface area contributed by atoms with Gasteiger partial charge in [-0.1, -0.05) is 68.4 Å². The third-order valence-corrected chi connectivity index (χ3v) is 6.02. The fourth-order valence-electron chi connectivity index (χ4n) is 4.22. The summed E-state index contributed by atoms with van der Waals surface area (Å²) in [5.74, 6) is -1.09. The minimum Gasteiger partial charge on any atom is -0.508 e. The Morgan fingerprint density at radius 1 is 0.939 bits per heavy atom. The maximum Gasteiger partial charge on any atom is 0.294 e. The van der Waals surface area contributed by atoms with Gasteiger partial charge in [-0.3, -0.25) is 14.5 Å². The van der Waals surface area contributed by atoms with Crippen molar-refractivity contribution in [3.05, 3.63) is 107 Å². The number of carbonyl (C=O) groups is 2. The molecule has 1 aliphatic rings. The van der Waals surface area contributed by atoms with Gasteiger partial charge in [-0.2, -0.15) is 0 Å². The number of hydrogen-bond donors (Lipinski definition) is 2. The van der Waals surface area contributed by atoms with E-state index >= 15 is 0 Å². The number of phenols is 1. The van der Waals surface area contributed by atoms with Crippen LogP contribution in [0, 0.1) is 0 Å². The Balaban J connectivity index is 1.72. The van der Waals surface area contributed by atoms with Gasteiger partial charge in [-0.25, -0.2) is 0 Å². The number of phenolic OH excluding ortho intramolecular Hbond substituents is 1. The number of Topliss-reactive ketones (excluding diaryl/α,β-unsaturated/α-hetero) is 1. The quantitative estimate of drug-likeness (QED) is 0.499. The van der Waals surface area contributed by atoms with E-state index < -0.39 is 17.7 Å². The fourth-order valence-corrected chi connectivity index (χ4v) is 4.22. The molecule has 0 spiro atoms. The first-order chi connectivity index (χ1) is 15.9. The van der Waals surface area contributed by atoms with Gasteiger partial charge >= 0.3 is 0 Å². The molecule has 1 aliphatic heterocycles. The summed E-state index contributed by atoms with van der Waals surface area (Å²) in [7, 11) is 0. The van der Waals surface area contributed by atoms with Crippen LogP contribution in [0.1, 0.15) is 48.9 Å². The number of ketones is 1. The molecule has 2 N–H and O–H groups in total. The average Bonchev–Trinajstić information content (AvgIpc) is 3.09. The second-order valence-electron chi connectivity index (χ2n) is 8.59. The molecule has 33 heavy (non-hydrogen) atoms. The van der Waals surface area contributed by atoms with Gasteiger partial charge in [0.1, 0.15) is 5.75 Å². The van der Waals surface area contributed by atoms with E-state index in [4.69, 9.17) is 0 Å². The molecular weight excluding hydrogens is 414 g/mol. The molecule has 1 heterocycles. The second-order valence-corrected chi connectivity index (χ2v) is 8.59. The van der Waals surface area contributed by atoms with Gasteiger partial charge in [0.2, 0.25) is 0 Å². The van der Waals surface area contributed by atoms with Crippen molar-refractivity contribution in [2.75, 3.05) is 4.90 Å². The van der Waals surface area contributed by atoms with E-state index in [1.165, 1.54) is 17.0 Å². The molecule has 5 heteroatoms. The van der Waals surface area contributed by atoms with Gasteiger partial charge in [0.05, 0.1) is 11.6 Å². The highest BCUT2D eigenvalue weighted by molar-refractivity contribution is 6.16. The zero-order valence-electron chi connectivity index (χ0n) is 18.7. The van der Waals surface area contributed by atoms with Crippen LogP contribution in [0.4, 0.5) is 5.69 Å². The Morgan fingerprint density at radius 2 is 1.64 bits per heavy atom. The van der Waals surface area contributed by atoms with Gasteiger partial charge < -0.3 is 10.2 Å². The molecule has 0 saturated carbocycles. The van der Waals surface area contributed by atoms with Crippen molar-refractivity contribution < 1.29 is 19.8 Å². The molecule has 0 bridgehead atoms. The van der Waals surface area contributed by atoms with Crippen molar-refractivity contribution >= 4 is 17.4 Å². The topological polar surface area (TPSA) is 77.8 Å². The third kappa shape index (κ3) is 4.53. The highest BCUT2D eigenvalue weighted by Gasteiger charge is 2.44. The Kier molecular flexibility index (Phi) is 6.31. The molecule has 1 amide bonds. The number of carbonyl (C=O) groups excluding carboxylic acids is 2. The summed E-state index contributed by atoms with van der Waals surface area (Å²) in [4.78, 5) is 27.9. The number of hydrogen-bond acceptors (Lipinski definition) is 4. The lowest BCUT2D eigenvalue weighted by Gasteiger charge is -2.27. The number of benzene rings is 3. The van der Waals surface area contributed by atoms with Gasteiger partial charge in [0.25, 0.3) is 5.91 Å². The van der Waals surface area contributed by atoms with E-state index in [9.17, 15) is 19.8 Å². The molecule has 168 valence electrons. The summed E-state index contributed by atoms with van der Waals surface area (Å²) in [6.07, 6.45) is 0.659. The number of aromatic hydroxyl groups is 1. The highest BCUT2D eigenvalue weighted by Crippen LogP contribution is 2.42. The van der Waals surface area contributed by atoms with E-state index in [-0.39, 0.29) is 23.5 Å². The van der Waals surface area contributed by atoms with Gasteiger partial charge in [-0.15, -0.1) is 0 Å². The molecule has 0 aromatic heterocycles. The first-order valence-corrected chi connectivity index (χ1v) is 11.1. The van der Waals surface area contributed by atoms with Crippen molar-refractivity contribution in [2.24, 2.45) is 0 Å². The molecule has 0 aliphatic carbocycles. The van der Waals surface area contributed by atoms with E-state index in [0.29, 0.717) is 23.6 Å². The normalized spacial score (nSPS) is 16.0. The summed E-state index contributed by atoms with van der Waals surface area (Å²) in [6, 6.07) is 22.8. The van der Waals surface area contributed by atoms with Gasteiger partial charge in [0, 0.05) is 12.1 Å². The molecule has 5 nitrogen and oxygen atoms in total. The molecule has 1 atom stereocenters. The molecule has 1 unspecified atom stereocenters. The monoisotopic (exact) mass is 441 g/mol. The summed E-state index contributed by atoms with van der Waals surface area (Å²) in [5, 5.41) is 20.9. The lowest BCUT2D eigenvalue weighted by Crippen LogP contribution is -2.31. The van der Waals surface area contributed by atoms with Crippen LogP contribution in [0.3, 0.4) is 0 Å². The summed E-state index contributed by atoms with van der Waals surface area (Å²) >= 11 is 0. The Bertz CT molecular complexity index is 1200. The molecular formula is C28H27NO4. The number of aliphatic hydroxyl groups is 1. The zero-order valence-corrected chi connectivity index (χ0v) is 18.7. The summed E-state index contributed by atoms with van der Waals surface area (Å²) < 4.78 is 0. The lowest BCUT2D eigenvalue weighted by atomic mass is 9.92. The molecule has 3 aromatic carbocycles. The highest BCUT2D eigenvalue weighted by atomic mass is 16.3. The van der Waals surface area contributed by atoms with E-state index in [0.717, 1.165) is 11.1 Å². The van der Waals surface area contributed by atoms with Crippen LogP contribution in [0.5, 0.6) is 5.75 Å². The maximum atomic E-state index is 13.3. The molecule has 4 rings (SSSR count). The van der Waals surface area contributed by atoms with Crippen LogP contribution in [-0.2, 0) is 16.0 Å². The predicted octanol–water partition coefficient (Wildman–Crippen LogP) is 5.62. The number of amides is 1. The first kappa shape index (κ1) is 22.3. The summed E-state index contributed by atoms with van der Waals surface area (Å²) in [5.41, 5.74) is 3.33. The number of anilines is 1. The van der Waals surface area contributed by atoms with Crippen LogP contribution in [0.2, 0.25) is 0 Å². The van der Waals surface area contributed by atoms with Crippen molar-refractivity contribution in [3.8, 4) is 5.75 Å². The minimum atomic E-state index is -0.822. The van der Waals surface area contributed by atoms with Crippen LogP contribution in [0.25, 0.3) is 0 Å². The zero-order chi connectivity index (χ0) is 23.5. The predicted molar refractivity (Wildman–Crippen MR) is 128 cm³/mol. The van der Waals surface area contributed by atoms with E-state index in [1.807, 2.05) is 54.6 Å². The average molecular weight is 442 g/mol. The molecule has 0 saturated heterocycles. The van der Waals surface area contributed by atoms with Gasteiger partial charge in [-0.05, 0) is 53.3 Å². The number of nitrogens with zero attached hydrogens (tertiary/aromatic N) is 1. The van der Waals surface area contributed by atoms with Crippen LogP contribution >= 0.6 is 0 Å². The number of rotatable bonds is 7. The first-order valence-electron chi connectivity index (χ1n) is 11.1. The molecule has 0 radical (unpaired) electrons. The Hall–Kier alpha value is -3.86. The smallest absolute Gasteiger partial charge is 0.294 e. The van der Waals surface area contributed by atoms with Crippen LogP contribution < -0.4 is 4.90 Å². The number of aryl methyl sites for hydroxylation is 1. The Labute approximate surface area is 193 Å². The third-order valence-electron chi connectivity index (χ3n) is 6.02. The standard InChI is InChI=1S/C28H27NO4/c1-18(2)20-12-14-22(15-13-20)29-26(21-9-6-10-23(30)17-21)25(27(32)28(29)33)24(31)16-11-19-7-4-3-5-8-19/h3-10,12-15,17-18,26,30,32H,11,16H2,1-2H3. The second kappa shape index (κ2) is 9.33. The Morgan fingerprint density at radius 3 is 2.27 bits per heavy atom. The van der Waals surface area contributed by atoms with Crippen molar-refractivity contribution in [3.63, 3.8) is 0 Å². The largest absolute Gasteiger partial charge is 0.508 e. The molecule has 0 fully saturated rings. The van der Waals surface area contributed by atoms with Crippen LogP contribution in [0.15, 0.2) is 90.2 Å². The van der Waals surface area contributed by atoms with Crippen LogP contribution in [-0.4, -0.2) is 21.9 Å². The fraction of sp³-hybridized carbons (Fsp3) is 0.214. The SMILES string of the molecule is CC(C)c1ccc(N2C(=O)C(O)=C(C(=O)CCc3ccccc3)C2c2cccc(O)c2)cc1. The summed E-state index contributed by atoms with van der Waals surface area (Å²) in [6.45, 7) is 4.17. The van der Waals surface area contributed by atoms with E-state index in [1.54, 1.807) is 12.1 Å². The molecule has 3 aromatic rings. The van der Waals surface area contributed by atoms with Crippen molar-refractivity contribution in [1.82, 2.24) is 0 Å². The van der Waals surface area contributed by atoms with Crippen molar-refractivity contribution in [2.45, 2.75) is 38.6 Å². The van der Waals surface area contributed by atoms with E-state index in [2.05, 4.69) is 13.8 Å².